The van der Waals surface area contributed by atoms with Crippen molar-refractivity contribution in [2.24, 2.45) is 0 Å². The topological polar surface area (TPSA) is 120 Å². The zero-order valence-electron chi connectivity index (χ0n) is 20.2. The zero-order chi connectivity index (χ0) is 24.8. The number of nitro groups is 1. The lowest BCUT2D eigenvalue weighted by Crippen LogP contribution is -2.49. The molecule has 0 saturated carbocycles. The van der Waals surface area contributed by atoms with Gasteiger partial charge in [0.15, 0.2) is 11.5 Å². The highest BCUT2D eigenvalue weighted by atomic mass is 16.6. The summed E-state index contributed by atoms with van der Waals surface area (Å²) in [7, 11) is 2.95. The largest absolute Gasteiger partial charge is 0.493 e. The van der Waals surface area contributed by atoms with Crippen LogP contribution in [0.4, 0.5) is 11.5 Å². The molecule has 11 nitrogen and oxygen atoms in total. The average molecular weight is 474 g/mol. The third-order valence-corrected chi connectivity index (χ3v) is 5.52. The molecule has 1 aliphatic heterocycles. The van der Waals surface area contributed by atoms with Crippen LogP contribution < -0.4 is 14.4 Å². The molecule has 1 fully saturated rings. The van der Waals surface area contributed by atoms with E-state index in [1.54, 1.807) is 4.90 Å². The number of piperazine rings is 1. The summed E-state index contributed by atoms with van der Waals surface area (Å²) >= 11 is 0. The Morgan fingerprint density at radius 1 is 1.09 bits per heavy atom. The molecule has 34 heavy (non-hydrogen) atoms. The number of amides is 1. The van der Waals surface area contributed by atoms with Crippen LogP contribution in [0.15, 0.2) is 18.2 Å². The van der Waals surface area contributed by atoms with E-state index in [1.807, 2.05) is 26.8 Å². The van der Waals surface area contributed by atoms with E-state index in [0.717, 1.165) is 17.3 Å². The van der Waals surface area contributed by atoms with E-state index in [-0.39, 0.29) is 35.3 Å². The van der Waals surface area contributed by atoms with E-state index in [2.05, 4.69) is 14.9 Å². The Bertz CT molecular complexity index is 1040. The summed E-state index contributed by atoms with van der Waals surface area (Å²) in [6.07, 6.45) is 0. The summed E-state index contributed by atoms with van der Waals surface area (Å²) in [4.78, 5) is 37.3. The molecule has 11 heteroatoms. The summed E-state index contributed by atoms with van der Waals surface area (Å²) in [5, 5.41) is 11.7. The predicted octanol–water partition coefficient (Wildman–Crippen LogP) is 2.81. The van der Waals surface area contributed by atoms with Crippen molar-refractivity contribution in [1.29, 1.82) is 0 Å². The minimum absolute atomic E-state index is 0.0330. The first-order chi connectivity index (χ1) is 16.2. The second kappa shape index (κ2) is 11.1. The number of hydrogen-bond acceptors (Lipinski definition) is 9. The van der Waals surface area contributed by atoms with Crippen molar-refractivity contribution in [3.8, 4) is 11.5 Å². The van der Waals surface area contributed by atoms with Gasteiger partial charge < -0.3 is 24.0 Å². The standard InChI is InChI=1S/C23H31N5O6/c1-15(2)22-24-16(3)12-21(25-22)26-6-8-27(9-7-26)23(29)17-13-19(33-5)20(34-11-10-32-4)14-18(17)28(30)31/h12-15H,6-11H2,1-5H3. The van der Waals surface area contributed by atoms with E-state index >= 15 is 0 Å². The molecule has 2 aromatic rings. The second-order valence-corrected chi connectivity index (χ2v) is 8.28. The van der Waals surface area contributed by atoms with E-state index < -0.39 is 10.8 Å². The Morgan fingerprint density at radius 2 is 1.79 bits per heavy atom. The number of nitrogens with zero attached hydrogens (tertiary/aromatic N) is 5. The number of benzene rings is 1. The first-order valence-corrected chi connectivity index (χ1v) is 11.1. The Kier molecular flexibility index (Phi) is 8.21. The molecule has 0 unspecified atom stereocenters. The summed E-state index contributed by atoms with van der Waals surface area (Å²) in [5.41, 5.74) is 0.533. The fraction of sp³-hybridized carbons (Fsp3) is 0.522. The van der Waals surface area contributed by atoms with Crippen molar-refractivity contribution >= 4 is 17.4 Å². The lowest BCUT2D eigenvalue weighted by molar-refractivity contribution is -0.385. The minimum atomic E-state index is -0.580. The molecule has 0 bridgehead atoms. The highest BCUT2D eigenvalue weighted by Gasteiger charge is 2.30. The van der Waals surface area contributed by atoms with Gasteiger partial charge in [-0.2, -0.15) is 0 Å². The van der Waals surface area contributed by atoms with E-state index in [0.29, 0.717) is 32.8 Å². The number of carbonyl (C=O) groups is 1. The van der Waals surface area contributed by atoms with Crippen molar-refractivity contribution < 1.29 is 23.9 Å². The Hall–Kier alpha value is -3.47. The number of carbonyl (C=O) groups excluding carboxylic acids is 1. The van der Waals surface area contributed by atoms with Gasteiger partial charge in [-0.25, -0.2) is 9.97 Å². The summed E-state index contributed by atoms with van der Waals surface area (Å²) in [6, 6.07) is 4.54. The number of aryl methyl sites for hydroxylation is 1. The summed E-state index contributed by atoms with van der Waals surface area (Å²) in [6.45, 7) is 8.47. The number of rotatable bonds is 9. The molecule has 1 aromatic carbocycles. The Balaban J connectivity index is 1.78. The highest BCUT2D eigenvalue weighted by molar-refractivity contribution is 5.99. The number of methoxy groups -OCH3 is 2. The van der Waals surface area contributed by atoms with Gasteiger partial charge >= 0.3 is 0 Å². The number of aromatic nitrogens is 2. The quantitative estimate of drug-likeness (QED) is 0.307. The van der Waals surface area contributed by atoms with Crippen LogP contribution in [0, 0.1) is 17.0 Å². The zero-order valence-corrected chi connectivity index (χ0v) is 20.2. The first-order valence-electron chi connectivity index (χ1n) is 11.1. The first kappa shape index (κ1) is 25.2. The molecule has 1 aromatic heterocycles. The number of anilines is 1. The predicted molar refractivity (Wildman–Crippen MR) is 126 cm³/mol. The van der Waals surface area contributed by atoms with Crippen LogP contribution in [0.2, 0.25) is 0 Å². The van der Waals surface area contributed by atoms with Crippen molar-refractivity contribution in [2.75, 3.05) is 58.5 Å². The van der Waals surface area contributed by atoms with Gasteiger partial charge in [-0.3, -0.25) is 14.9 Å². The molecule has 0 radical (unpaired) electrons. The third-order valence-electron chi connectivity index (χ3n) is 5.52. The average Bonchev–Trinajstić information content (AvgIpc) is 2.83. The maximum absolute atomic E-state index is 13.3. The Labute approximate surface area is 198 Å². The lowest BCUT2D eigenvalue weighted by Gasteiger charge is -2.35. The minimum Gasteiger partial charge on any atom is -0.493 e. The van der Waals surface area contributed by atoms with Crippen LogP contribution in [-0.4, -0.2) is 79.3 Å². The van der Waals surface area contributed by atoms with Gasteiger partial charge in [0.05, 0.1) is 24.7 Å². The van der Waals surface area contributed by atoms with Crippen LogP contribution in [0.1, 0.15) is 41.6 Å². The van der Waals surface area contributed by atoms with Gasteiger partial charge in [0.25, 0.3) is 11.6 Å². The normalized spacial score (nSPS) is 13.8. The monoisotopic (exact) mass is 473 g/mol. The summed E-state index contributed by atoms with van der Waals surface area (Å²) < 4.78 is 15.8. The van der Waals surface area contributed by atoms with Crippen LogP contribution >= 0.6 is 0 Å². The molecule has 1 amide bonds. The van der Waals surface area contributed by atoms with Gasteiger partial charge in [0.1, 0.15) is 23.8 Å². The highest BCUT2D eigenvalue weighted by Crippen LogP contribution is 2.35. The lowest BCUT2D eigenvalue weighted by atomic mass is 10.1. The van der Waals surface area contributed by atoms with Gasteiger partial charge in [0.2, 0.25) is 0 Å². The molecule has 1 aliphatic rings. The van der Waals surface area contributed by atoms with Gasteiger partial charge in [0, 0.05) is 57.0 Å². The molecule has 0 aliphatic carbocycles. The number of ether oxygens (including phenoxy) is 3. The van der Waals surface area contributed by atoms with Crippen molar-refractivity contribution in [3.63, 3.8) is 0 Å². The second-order valence-electron chi connectivity index (χ2n) is 8.28. The van der Waals surface area contributed by atoms with Gasteiger partial charge in [-0.15, -0.1) is 0 Å². The number of nitro benzene ring substituents is 1. The van der Waals surface area contributed by atoms with E-state index in [1.165, 1.54) is 26.4 Å². The van der Waals surface area contributed by atoms with Crippen LogP contribution in [0.25, 0.3) is 0 Å². The maximum Gasteiger partial charge on any atom is 0.286 e. The molecule has 0 atom stereocenters. The van der Waals surface area contributed by atoms with E-state index in [4.69, 9.17) is 14.2 Å². The smallest absolute Gasteiger partial charge is 0.286 e. The maximum atomic E-state index is 13.3. The molecule has 0 N–H and O–H groups in total. The van der Waals surface area contributed by atoms with Crippen molar-refractivity contribution in [2.45, 2.75) is 26.7 Å². The van der Waals surface area contributed by atoms with Gasteiger partial charge in [-0.05, 0) is 6.92 Å². The van der Waals surface area contributed by atoms with Crippen LogP contribution in [-0.2, 0) is 4.74 Å². The molecule has 0 spiro atoms. The number of hydrogen-bond donors (Lipinski definition) is 0. The molecule has 3 rings (SSSR count). The molecule has 184 valence electrons. The Morgan fingerprint density at radius 3 is 2.38 bits per heavy atom. The van der Waals surface area contributed by atoms with Crippen LogP contribution in [0.5, 0.6) is 11.5 Å². The molecule has 1 saturated heterocycles. The molecular weight excluding hydrogens is 442 g/mol. The fourth-order valence-corrected chi connectivity index (χ4v) is 3.68. The molecule has 2 heterocycles. The summed E-state index contributed by atoms with van der Waals surface area (Å²) in [5.74, 6) is 1.83. The SMILES string of the molecule is COCCOc1cc([N+](=O)[O-])c(C(=O)N2CCN(c3cc(C)nc(C(C)C)n3)CC2)cc1OC. The fourth-order valence-electron chi connectivity index (χ4n) is 3.68. The van der Waals surface area contributed by atoms with Crippen molar-refractivity contribution in [1.82, 2.24) is 14.9 Å². The van der Waals surface area contributed by atoms with Gasteiger partial charge in [-0.1, -0.05) is 13.8 Å². The van der Waals surface area contributed by atoms with E-state index in [9.17, 15) is 14.9 Å². The van der Waals surface area contributed by atoms with Crippen LogP contribution in [0.3, 0.4) is 0 Å². The third kappa shape index (κ3) is 5.71. The molecular formula is C23H31N5O6. The van der Waals surface area contributed by atoms with Crippen molar-refractivity contribution in [3.05, 3.63) is 45.4 Å².